The van der Waals surface area contributed by atoms with Crippen LogP contribution in [0.4, 0.5) is 0 Å². The number of nitrogens with zero attached hydrogens (tertiary/aromatic N) is 2. The molecule has 4 nitrogen and oxygen atoms in total. The monoisotopic (exact) mass is 418 g/mol. The molecule has 1 fully saturated rings. The topological polar surface area (TPSA) is 58.9 Å². The second kappa shape index (κ2) is 21.0. The Bertz CT molecular complexity index is 429. The first kappa shape index (κ1) is 26.8. The molecule has 0 aliphatic heterocycles. The van der Waals surface area contributed by atoms with Gasteiger partial charge in [-0.3, -0.25) is 0 Å². The number of hydrogen-bond acceptors (Lipinski definition) is 4. The van der Waals surface area contributed by atoms with Gasteiger partial charge in [0.1, 0.15) is 0 Å². The molecular weight excluding hydrogens is 372 g/mol. The van der Waals surface area contributed by atoms with E-state index >= 15 is 0 Å². The minimum absolute atomic E-state index is 0.659. The Kier molecular flexibility index (Phi) is 18.8. The van der Waals surface area contributed by atoms with Crippen LogP contribution in [0, 0.1) is 11.8 Å². The van der Waals surface area contributed by atoms with Crippen LogP contribution < -0.4 is 0 Å². The van der Waals surface area contributed by atoms with Gasteiger partial charge < -0.3 is 0 Å². The highest BCUT2D eigenvalue weighted by Crippen LogP contribution is 2.34. The number of unbranched alkanes of at least 4 members (excludes halogenated alkanes) is 12. The van der Waals surface area contributed by atoms with Crippen LogP contribution >= 0.6 is 0 Å². The standard InChI is InChI=1S/C26H46N2O2/c29-23-27-21-13-9-5-1-3-7-11-15-25-17-19-26(20-18-25)16-12-8-4-2-6-10-14-22-28-24-30/h25-26H,1-22H2. The van der Waals surface area contributed by atoms with Gasteiger partial charge in [-0.25, -0.2) is 19.6 Å². The summed E-state index contributed by atoms with van der Waals surface area (Å²) in [6, 6.07) is 0. The van der Waals surface area contributed by atoms with Crippen LogP contribution in [0.15, 0.2) is 9.98 Å². The molecule has 30 heavy (non-hydrogen) atoms. The van der Waals surface area contributed by atoms with E-state index in [2.05, 4.69) is 9.98 Å². The van der Waals surface area contributed by atoms with Crippen LogP contribution in [-0.4, -0.2) is 25.2 Å². The average molecular weight is 419 g/mol. The Hall–Kier alpha value is -1.24. The molecule has 0 aromatic rings. The number of hydrogen-bond donors (Lipinski definition) is 0. The summed E-state index contributed by atoms with van der Waals surface area (Å²) in [6.07, 6.45) is 30.2. The van der Waals surface area contributed by atoms with Crippen molar-refractivity contribution in [1.29, 1.82) is 0 Å². The van der Waals surface area contributed by atoms with Crippen LogP contribution in [0.5, 0.6) is 0 Å². The Morgan fingerprint density at radius 3 is 1.10 bits per heavy atom. The molecule has 0 bridgehead atoms. The van der Waals surface area contributed by atoms with Crippen LogP contribution in [0.25, 0.3) is 0 Å². The lowest BCUT2D eigenvalue weighted by Gasteiger charge is -2.28. The summed E-state index contributed by atoms with van der Waals surface area (Å²) in [6.45, 7) is 1.32. The maximum Gasteiger partial charge on any atom is 0.234 e. The lowest BCUT2D eigenvalue weighted by Crippen LogP contribution is -2.14. The zero-order chi connectivity index (χ0) is 21.5. The summed E-state index contributed by atoms with van der Waals surface area (Å²) >= 11 is 0. The van der Waals surface area contributed by atoms with Gasteiger partial charge in [0.05, 0.1) is 13.1 Å². The predicted octanol–water partition coefficient (Wildman–Crippen LogP) is 7.71. The van der Waals surface area contributed by atoms with E-state index in [1.54, 1.807) is 12.2 Å². The Morgan fingerprint density at radius 2 is 0.767 bits per heavy atom. The van der Waals surface area contributed by atoms with Crippen molar-refractivity contribution < 1.29 is 9.59 Å². The van der Waals surface area contributed by atoms with Crippen molar-refractivity contribution in [2.45, 2.75) is 128 Å². The van der Waals surface area contributed by atoms with Gasteiger partial charge in [0.25, 0.3) is 0 Å². The Morgan fingerprint density at radius 1 is 0.467 bits per heavy atom. The van der Waals surface area contributed by atoms with Crippen LogP contribution in [-0.2, 0) is 9.59 Å². The SMILES string of the molecule is O=C=NCCCCCCCCCC1CCC(CCCCCCCCCN=C=O)CC1. The lowest BCUT2D eigenvalue weighted by atomic mass is 9.78. The zero-order valence-corrected chi connectivity index (χ0v) is 19.4. The molecule has 0 atom stereocenters. The molecule has 0 heterocycles. The lowest BCUT2D eigenvalue weighted by molar-refractivity contribution is 0.244. The van der Waals surface area contributed by atoms with E-state index in [1.807, 2.05) is 0 Å². The predicted molar refractivity (Wildman–Crippen MR) is 125 cm³/mol. The molecule has 1 aliphatic rings. The molecule has 0 amide bonds. The second-order valence-electron chi connectivity index (χ2n) is 9.36. The van der Waals surface area contributed by atoms with E-state index in [0.717, 1.165) is 24.7 Å². The van der Waals surface area contributed by atoms with E-state index in [-0.39, 0.29) is 0 Å². The molecule has 1 rings (SSSR count). The number of carbonyl (C=O) groups excluding carboxylic acids is 2. The summed E-state index contributed by atoms with van der Waals surface area (Å²) in [5.41, 5.74) is 0. The Balaban J connectivity index is 1.82. The fraction of sp³-hybridized carbons (Fsp3) is 0.923. The van der Waals surface area contributed by atoms with Crippen molar-refractivity contribution in [3.05, 3.63) is 0 Å². The summed E-state index contributed by atoms with van der Waals surface area (Å²) in [4.78, 5) is 27.2. The molecule has 0 spiro atoms. The van der Waals surface area contributed by atoms with Crippen molar-refractivity contribution in [3.63, 3.8) is 0 Å². The van der Waals surface area contributed by atoms with Gasteiger partial charge >= 0.3 is 0 Å². The van der Waals surface area contributed by atoms with Crippen molar-refractivity contribution >= 4 is 12.2 Å². The van der Waals surface area contributed by atoms with E-state index in [4.69, 9.17) is 0 Å². The van der Waals surface area contributed by atoms with Crippen LogP contribution in [0.2, 0.25) is 0 Å². The fourth-order valence-electron chi connectivity index (χ4n) is 4.92. The van der Waals surface area contributed by atoms with Gasteiger partial charge in [-0.05, 0) is 24.7 Å². The summed E-state index contributed by atoms with van der Waals surface area (Å²) < 4.78 is 0. The van der Waals surface area contributed by atoms with E-state index in [9.17, 15) is 9.59 Å². The highest BCUT2D eigenvalue weighted by Gasteiger charge is 2.20. The van der Waals surface area contributed by atoms with E-state index < -0.39 is 0 Å². The third kappa shape index (κ3) is 16.5. The van der Waals surface area contributed by atoms with Crippen LogP contribution in [0.3, 0.4) is 0 Å². The molecule has 0 unspecified atom stereocenters. The fourth-order valence-corrected chi connectivity index (χ4v) is 4.92. The van der Waals surface area contributed by atoms with Gasteiger partial charge in [0, 0.05) is 0 Å². The summed E-state index contributed by atoms with van der Waals surface area (Å²) in [7, 11) is 0. The first-order valence-electron chi connectivity index (χ1n) is 12.9. The molecule has 1 aliphatic carbocycles. The maximum atomic E-state index is 9.98. The van der Waals surface area contributed by atoms with E-state index in [0.29, 0.717) is 13.1 Å². The van der Waals surface area contributed by atoms with E-state index in [1.165, 1.54) is 116 Å². The largest absolute Gasteiger partial charge is 0.234 e. The van der Waals surface area contributed by atoms with Crippen molar-refractivity contribution in [2.24, 2.45) is 21.8 Å². The highest BCUT2D eigenvalue weighted by molar-refractivity contribution is 5.32. The van der Waals surface area contributed by atoms with Crippen molar-refractivity contribution in [2.75, 3.05) is 13.1 Å². The highest BCUT2D eigenvalue weighted by atomic mass is 16.1. The minimum atomic E-state index is 0.659. The molecule has 0 aromatic heterocycles. The van der Waals surface area contributed by atoms with Crippen LogP contribution in [0.1, 0.15) is 128 Å². The number of aliphatic imine (C=N–C) groups is 2. The number of isocyanates is 2. The first-order chi connectivity index (χ1) is 14.9. The molecule has 0 saturated heterocycles. The smallest absolute Gasteiger partial charge is 0.211 e. The second-order valence-corrected chi connectivity index (χ2v) is 9.36. The normalized spacial score (nSPS) is 18.5. The molecule has 0 N–H and O–H groups in total. The maximum absolute atomic E-state index is 9.98. The molecule has 1 saturated carbocycles. The molecule has 172 valence electrons. The van der Waals surface area contributed by atoms with Gasteiger partial charge in [-0.1, -0.05) is 116 Å². The van der Waals surface area contributed by atoms with Gasteiger partial charge in [-0.15, -0.1) is 0 Å². The minimum Gasteiger partial charge on any atom is -0.211 e. The number of rotatable bonds is 20. The average Bonchev–Trinajstić information content (AvgIpc) is 2.77. The first-order valence-corrected chi connectivity index (χ1v) is 12.9. The third-order valence-electron chi connectivity index (χ3n) is 6.86. The summed E-state index contributed by atoms with van der Waals surface area (Å²) in [5, 5.41) is 0. The van der Waals surface area contributed by atoms with Crippen molar-refractivity contribution in [3.8, 4) is 0 Å². The molecule has 0 radical (unpaired) electrons. The summed E-state index contributed by atoms with van der Waals surface area (Å²) in [5.74, 6) is 2.01. The van der Waals surface area contributed by atoms with Gasteiger partial charge in [-0.2, -0.15) is 0 Å². The zero-order valence-electron chi connectivity index (χ0n) is 19.4. The van der Waals surface area contributed by atoms with Crippen molar-refractivity contribution in [1.82, 2.24) is 0 Å². The molecular formula is C26H46N2O2. The molecule has 0 aromatic carbocycles. The third-order valence-corrected chi connectivity index (χ3v) is 6.86. The quantitative estimate of drug-likeness (QED) is 0.115. The van der Waals surface area contributed by atoms with Gasteiger partial charge in [0.15, 0.2) is 0 Å². The Labute approximate surface area is 185 Å². The molecule has 4 heteroatoms. The van der Waals surface area contributed by atoms with Gasteiger partial charge in [0.2, 0.25) is 12.2 Å².